The molecule has 0 radical (unpaired) electrons. The van der Waals surface area contributed by atoms with E-state index in [1.807, 2.05) is 24.3 Å². The third-order valence-electron chi connectivity index (χ3n) is 5.99. The van der Waals surface area contributed by atoms with E-state index in [0.29, 0.717) is 19.5 Å². The van der Waals surface area contributed by atoms with Gasteiger partial charge in [-0.15, -0.1) is 0 Å². The first-order chi connectivity index (χ1) is 13.6. The van der Waals surface area contributed by atoms with Crippen molar-refractivity contribution in [2.75, 3.05) is 13.1 Å². The Balaban J connectivity index is 1.27. The molecule has 0 spiro atoms. The van der Waals surface area contributed by atoms with Crippen LogP contribution in [0.15, 0.2) is 35.9 Å². The number of hydrogen-bond acceptors (Lipinski definition) is 3. The highest BCUT2D eigenvalue weighted by Crippen LogP contribution is 2.30. The Labute approximate surface area is 165 Å². The molecular formula is C22H27N3O3. The lowest BCUT2D eigenvalue weighted by Crippen LogP contribution is -2.39. The van der Waals surface area contributed by atoms with E-state index in [9.17, 15) is 14.4 Å². The van der Waals surface area contributed by atoms with E-state index >= 15 is 0 Å². The maximum atomic E-state index is 12.7. The van der Waals surface area contributed by atoms with E-state index < -0.39 is 6.04 Å². The summed E-state index contributed by atoms with van der Waals surface area (Å²) < 4.78 is 0. The van der Waals surface area contributed by atoms with Crippen molar-refractivity contribution in [2.45, 2.75) is 57.5 Å². The SMILES string of the molecule is O=C(CCN1C(=O)C2Cc3ccccc3CN2C1=O)NCCC1=CCCCC1. The van der Waals surface area contributed by atoms with Crippen LogP contribution in [0.25, 0.3) is 0 Å². The number of nitrogens with zero attached hydrogens (tertiary/aromatic N) is 2. The molecule has 1 aromatic rings. The second-order valence-electron chi connectivity index (χ2n) is 7.85. The number of imide groups is 1. The first-order valence-corrected chi connectivity index (χ1v) is 10.3. The number of benzene rings is 1. The molecular weight excluding hydrogens is 354 g/mol. The number of fused-ring (bicyclic) bond motifs is 2. The van der Waals surface area contributed by atoms with Crippen molar-refractivity contribution in [1.29, 1.82) is 0 Å². The summed E-state index contributed by atoms with van der Waals surface area (Å²) in [6, 6.07) is 7.23. The lowest BCUT2D eigenvalue weighted by Gasteiger charge is -2.28. The highest BCUT2D eigenvalue weighted by Gasteiger charge is 2.46. The minimum Gasteiger partial charge on any atom is -0.356 e. The van der Waals surface area contributed by atoms with Gasteiger partial charge in [0.05, 0.1) is 0 Å². The van der Waals surface area contributed by atoms with Gasteiger partial charge in [0.1, 0.15) is 6.04 Å². The molecule has 0 aromatic heterocycles. The minimum absolute atomic E-state index is 0.106. The van der Waals surface area contributed by atoms with Gasteiger partial charge < -0.3 is 10.2 Å². The predicted octanol–water partition coefficient (Wildman–Crippen LogP) is 2.77. The van der Waals surface area contributed by atoms with Crippen LogP contribution in [0.1, 0.15) is 49.7 Å². The number of carbonyl (C=O) groups excluding carboxylic acids is 3. The molecule has 6 nitrogen and oxygen atoms in total. The van der Waals surface area contributed by atoms with Crippen molar-refractivity contribution >= 4 is 17.8 Å². The molecule has 2 aliphatic heterocycles. The quantitative estimate of drug-likeness (QED) is 0.608. The zero-order valence-electron chi connectivity index (χ0n) is 16.2. The second-order valence-corrected chi connectivity index (χ2v) is 7.85. The summed E-state index contributed by atoms with van der Waals surface area (Å²) >= 11 is 0. The molecule has 28 heavy (non-hydrogen) atoms. The number of amides is 4. The van der Waals surface area contributed by atoms with Gasteiger partial charge in [0, 0.05) is 32.5 Å². The average Bonchev–Trinajstić information content (AvgIpc) is 2.95. The Morgan fingerprint density at radius 1 is 1.14 bits per heavy atom. The molecule has 0 saturated carbocycles. The van der Waals surface area contributed by atoms with Crippen LogP contribution < -0.4 is 5.32 Å². The lowest BCUT2D eigenvalue weighted by atomic mass is 9.95. The Morgan fingerprint density at radius 2 is 1.96 bits per heavy atom. The third kappa shape index (κ3) is 3.81. The van der Waals surface area contributed by atoms with Crippen LogP contribution in [0.2, 0.25) is 0 Å². The maximum Gasteiger partial charge on any atom is 0.327 e. The molecule has 6 heteroatoms. The summed E-state index contributed by atoms with van der Waals surface area (Å²) in [7, 11) is 0. The number of nitrogens with one attached hydrogen (secondary N) is 1. The maximum absolute atomic E-state index is 12.7. The van der Waals surface area contributed by atoms with Crippen molar-refractivity contribution < 1.29 is 14.4 Å². The van der Waals surface area contributed by atoms with Crippen LogP contribution in [-0.2, 0) is 22.6 Å². The molecule has 1 N–H and O–H groups in total. The zero-order valence-corrected chi connectivity index (χ0v) is 16.2. The first kappa shape index (κ1) is 18.7. The first-order valence-electron chi connectivity index (χ1n) is 10.3. The second kappa shape index (κ2) is 8.17. The van der Waals surface area contributed by atoms with Crippen LogP contribution in [0.3, 0.4) is 0 Å². The van der Waals surface area contributed by atoms with E-state index in [2.05, 4.69) is 11.4 Å². The highest BCUT2D eigenvalue weighted by molar-refractivity contribution is 6.04. The van der Waals surface area contributed by atoms with Crippen molar-refractivity contribution in [1.82, 2.24) is 15.1 Å². The number of hydrogen-bond donors (Lipinski definition) is 1. The van der Waals surface area contributed by atoms with Crippen LogP contribution in [0.4, 0.5) is 4.79 Å². The van der Waals surface area contributed by atoms with E-state index in [-0.39, 0.29) is 30.8 Å². The third-order valence-corrected chi connectivity index (χ3v) is 5.99. The Kier molecular flexibility index (Phi) is 5.46. The van der Waals surface area contributed by atoms with Gasteiger partial charge in [-0.05, 0) is 43.2 Å². The van der Waals surface area contributed by atoms with E-state index in [1.54, 1.807) is 4.90 Å². The Morgan fingerprint density at radius 3 is 2.75 bits per heavy atom. The van der Waals surface area contributed by atoms with Gasteiger partial charge in [-0.25, -0.2) is 4.79 Å². The smallest absolute Gasteiger partial charge is 0.327 e. The molecule has 1 saturated heterocycles. The summed E-state index contributed by atoms with van der Waals surface area (Å²) in [6.45, 7) is 1.23. The van der Waals surface area contributed by atoms with Crippen LogP contribution >= 0.6 is 0 Å². The topological polar surface area (TPSA) is 69.7 Å². The van der Waals surface area contributed by atoms with Crippen molar-refractivity contribution in [3.63, 3.8) is 0 Å². The van der Waals surface area contributed by atoms with E-state index in [0.717, 1.165) is 30.4 Å². The summed E-state index contributed by atoms with van der Waals surface area (Å²) in [5, 5.41) is 2.92. The largest absolute Gasteiger partial charge is 0.356 e. The molecule has 1 unspecified atom stereocenters. The fourth-order valence-corrected chi connectivity index (χ4v) is 4.38. The van der Waals surface area contributed by atoms with Gasteiger partial charge in [0.2, 0.25) is 5.91 Å². The molecule has 1 fully saturated rings. The van der Waals surface area contributed by atoms with Crippen molar-refractivity contribution in [3.8, 4) is 0 Å². The minimum atomic E-state index is -0.427. The van der Waals surface area contributed by atoms with E-state index in [4.69, 9.17) is 0 Å². The van der Waals surface area contributed by atoms with Crippen molar-refractivity contribution in [2.24, 2.45) is 0 Å². The van der Waals surface area contributed by atoms with Crippen molar-refractivity contribution in [3.05, 3.63) is 47.0 Å². The number of allylic oxidation sites excluding steroid dienone is 1. The Hall–Kier alpha value is -2.63. The molecule has 1 atom stereocenters. The summed E-state index contributed by atoms with van der Waals surface area (Å²) in [5.74, 6) is -0.287. The van der Waals surface area contributed by atoms with Gasteiger partial charge in [-0.2, -0.15) is 0 Å². The highest BCUT2D eigenvalue weighted by atomic mass is 16.2. The molecule has 148 valence electrons. The summed E-state index contributed by atoms with van der Waals surface area (Å²) in [4.78, 5) is 40.4. The molecule has 4 amide bonds. The monoisotopic (exact) mass is 381 g/mol. The van der Waals surface area contributed by atoms with Gasteiger partial charge >= 0.3 is 6.03 Å². The number of urea groups is 1. The van der Waals surface area contributed by atoms with E-state index in [1.165, 1.54) is 23.3 Å². The average molecular weight is 381 g/mol. The normalized spacial score (nSPS) is 21.3. The fourth-order valence-electron chi connectivity index (χ4n) is 4.38. The lowest BCUT2D eigenvalue weighted by molar-refractivity contribution is -0.129. The zero-order chi connectivity index (χ0) is 19.5. The summed E-state index contributed by atoms with van der Waals surface area (Å²) in [5.41, 5.74) is 3.64. The molecule has 3 aliphatic rings. The molecule has 2 heterocycles. The molecule has 1 aliphatic carbocycles. The van der Waals surface area contributed by atoms with Crippen LogP contribution in [-0.4, -0.2) is 46.8 Å². The fraction of sp³-hybridized carbons (Fsp3) is 0.500. The van der Waals surface area contributed by atoms with Gasteiger partial charge in [0.15, 0.2) is 0 Å². The molecule has 1 aromatic carbocycles. The standard InChI is InChI=1S/C22H27N3O3/c26-20(23-12-10-16-6-2-1-3-7-16)11-13-24-21(27)19-14-17-8-4-5-9-18(17)15-25(19)22(24)28/h4-6,8-9,19H,1-3,7,10-15H2,(H,23,26). The van der Waals surface area contributed by atoms with Gasteiger partial charge in [-0.1, -0.05) is 35.9 Å². The van der Waals surface area contributed by atoms with Gasteiger partial charge in [0.25, 0.3) is 5.91 Å². The number of carbonyl (C=O) groups is 3. The molecule has 4 rings (SSSR count). The molecule has 0 bridgehead atoms. The number of rotatable bonds is 6. The van der Waals surface area contributed by atoms with Gasteiger partial charge in [-0.3, -0.25) is 14.5 Å². The summed E-state index contributed by atoms with van der Waals surface area (Å²) in [6.07, 6.45) is 8.66. The predicted molar refractivity (Wildman–Crippen MR) is 105 cm³/mol. The van der Waals surface area contributed by atoms with Crippen LogP contribution in [0.5, 0.6) is 0 Å². The van der Waals surface area contributed by atoms with Crippen LogP contribution in [0, 0.1) is 0 Å². The Bertz CT molecular complexity index is 774.